The molecule has 0 saturated heterocycles. The standard InChI is InChI=1S/C23H29FN2O2/c1-26(2)16-17-28-19-12-10-18(11-13-19)25-22(27)23(14-6-3-7-15-23)20-8-4-5-9-21(20)24/h4-5,8-13H,3,6-7,14-17H2,1-2H3,(H,25,27). The number of nitrogens with zero attached hydrogens (tertiary/aromatic N) is 1. The molecule has 150 valence electrons. The van der Waals surface area contributed by atoms with Crippen LogP contribution in [0.25, 0.3) is 0 Å². The summed E-state index contributed by atoms with van der Waals surface area (Å²) in [5.41, 5.74) is 0.409. The predicted octanol–water partition coefficient (Wildman–Crippen LogP) is 4.61. The minimum Gasteiger partial charge on any atom is -0.492 e. The van der Waals surface area contributed by atoms with Crippen LogP contribution in [0, 0.1) is 5.82 Å². The average Bonchev–Trinajstić information content (AvgIpc) is 2.70. The number of hydrogen-bond donors (Lipinski definition) is 1. The smallest absolute Gasteiger partial charge is 0.235 e. The second-order valence-electron chi connectivity index (χ2n) is 7.75. The van der Waals surface area contributed by atoms with Gasteiger partial charge in [0.15, 0.2) is 0 Å². The first-order valence-corrected chi connectivity index (χ1v) is 9.95. The van der Waals surface area contributed by atoms with Crippen LogP contribution >= 0.6 is 0 Å². The summed E-state index contributed by atoms with van der Waals surface area (Å²) in [4.78, 5) is 15.3. The molecule has 1 N–H and O–H groups in total. The van der Waals surface area contributed by atoms with Gasteiger partial charge in [-0.1, -0.05) is 37.5 Å². The van der Waals surface area contributed by atoms with Crippen molar-refractivity contribution in [1.82, 2.24) is 4.90 Å². The highest BCUT2D eigenvalue weighted by Gasteiger charge is 2.42. The average molecular weight is 384 g/mol. The van der Waals surface area contributed by atoms with Crippen LogP contribution in [0.15, 0.2) is 48.5 Å². The van der Waals surface area contributed by atoms with Crippen molar-refractivity contribution in [1.29, 1.82) is 0 Å². The number of halogens is 1. The zero-order valence-electron chi connectivity index (χ0n) is 16.7. The van der Waals surface area contributed by atoms with Gasteiger partial charge in [0.2, 0.25) is 5.91 Å². The zero-order valence-corrected chi connectivity index (χ0v) is 16.7. The Hall–Kier alpha value is -2.40. The second-order valence-corrected chi connectivity index (χ2v) is 7.75. The molecule has 1 amide bonds. The maximum Gasteiger partial charge on any atom is 0.235 e. The molecule has 2 aromatic carbocycles. The highest BCUT2D eigenvalue weighted by molar-refractivity contribution is 5.99. The van der Waals surface area contributed by atoms with Gasteiger partial charge < -0.3 is 15.0 Å². The van der Waals surface area contributed by atoms with Crippen molar-refractivity contribution in [3.63, 3.8) is 0 Å². The van der Waals surface area contributed by atoms with E-state index in [1.165, 1.54) is 6.07 Å². The molecule has 3 rings (SSSR count). The van der Waals surface area contributed by atoms with Gasteiger partial charge in [-0.3, -0.25) is 4.79 Å². The Bertz CT molecular complexity index is 783. The van der Waals surface area contributed by atoms with E-state index >= 15 is 0 Å². The topological polar surface area (TPSA) is 41.6 Å². The third-order valence-corrected chi connectivity index (χ3v) is 5.45. The van der Waals surface area contributed by atoms with Gasteiger partial charge in [0, 0.05) is 17.8 Å². The Balaban J connectivity index is 1.73. The third kappa shape index (κ3) is 4.71. The summed E-state index contributed by atoms with van der Waals surface area (Å²) in [5, 5.41) is 3.01. The van der Waals surface area contributed by atoms with Crippen LogP contribution in [0.2, 0.25) is 0 Å². The molecule has 0 radical (unpaired) electrons. The van der Waals surface area contributed by atoms with Crippen molar-refractivity contribution in [2.45, 2.75) is 37.5 Å². The van der Waals surface area contributed by atoms with Crippen molar-refractivity contribution in [2.24, 2.45) is 0 Å². The van der Waals surface area contributed by atoms with Crippen LogP contribution in [-0.4, -0.2) is 38.1 Å². The summed E-state index contributed by atoms with van der Waals surface area (Å²) in [6, 6.07) is 14.0. The van der Waals surface area contributed by atoms with Crippen LogP contribution in [0.5, 0.6) is 5.75 Å². The second kappa shape index (κ2) is 9.20. The Labute approximate surface area is 166 Å². The van der Waals surface area contributed by atoms with Gasteiger partial charge in [0.1, 0.15) is 18.2 Å². The normalized spacial score (nSPS) is 16.0. The zero-order chi connectivity index (χ0) is 20.0. The van der Waals surface area contributed by atoms with Gasteiger partial charge in [-0.05, 0) is 57.3 Å². The fourth-order valence-electron chi connectivity index (χ4n) is 3.85. The van der Waals surface area contributed by atoms with Gasteiger partial charge in [-0.25, -0.2) is 4.39 Å². The Morgan fingerprint density at radius 2 is 1.75 bits per heavy atom. The van der Waals surface area contributed by atoms with Gasteiger partial charge in [0.25, 0.3) is 0 Å². The molecule has 5 heteroatoms. The van der Waals surface area contributed by atoms with Gasteiger partial charge in [0.05, 0.1) is 5.41 Å². The van der Waals surface area contributed by atoms with Crippen molar-refractivity contribution in [2.75, 3.05) is 32.6 Å². The lowest BCUT2D eigenvalue weighted by Crippen LogP contribution is -2.42. The number of likely N-dealkylation sites (N-methyl/N-ethyl adjacent to an activating group) is 1. The number of anilines is 1. The Morgan fingerprint density at radius 3 is 2.39 bits per heavy atom. The van der Waals surface area contributed by atoms with Crippen molar-refractivity contribution in [3.8, 4) is 5.75 Å². The van der Waals surface area contributed by atoms with Crippen LogP contribution in [0.1, 0.15) is 37.7 Å². The maximum atomic E-state index is 14.5. The molecule has 0 unspecified atom stereocenters. The molecular weight excluding hydrogens is 355 g/mol. The molecule has 0 aliphatic heterocycles. The van der Waals surface area contributed by atoms with Crippen molar-refractivity contribution < 1.29 is 13.9 Å². The van der Waals surface area contributed by atoms with E-state index in [4.69, 9.17) is 4.74 Å². The van der Waals surface area contributed by atoms with E-state index in [0.29, 0.717) is 30.7 Å². The van der Waals surface area contributed by atoms with Crippen LogP contribution in [-0.2, 0) is 10.2 Å². The van der Waals surface area contributed by atoms with Gasteiger partial charge in [-0.15, -0.1) is 0 Å². The summed E-state index contributed by atoms with van der Waals surface area (Å²) in [6.45, 7) is 1.44. The molecule has 0 spiro atoms. The summed E-state index contributed by atoms with van der Waals surface area (Å²) < 4.78 is 20.2. The van der Waals surface area contributed by atoms with E-state index in [9.17, 15) is 9.18 Å². The Morgan fingerprint density at radius 1 is 1.07 bits per heavy atom. The maximum absolute atomic E-state index is 14.5. The molecule has 1 aliphatic rings. The number of rotatable bonds is 7. The van der Waals surface area contributed by atoms with E-state index in [-0.39, 0.29) is 11.7 Å². The number of carbonyl (C=O) groups excluding carboxylic acids is 1. The predicted molar refractivity (Wildman–Crippen MR) is 110 cm³/mol. The molecule has 28 heavy (non-hydrogen) atoms. The third-order valence-electron chi connectivity index (χ3n) is 5.45. The highest BCUT2D eigenvalue weighted by Crippen LogP contribution is 2.41. The Kier molecular flexibility index (Phi) is 6.68. The molecule has 0 heterocycles. The van der Waals surface area contributed by atoms with E-state index in [2.05, 4.69) is 10.2 Å². The number of nitrogens with one attached hydrogen (secondary N) is 1. The van der Waals surface area contributed by atoms with Crippen molar-refractivity contribution in [3.05, 3.63) is 59.9 Å². The molecule has 0 bridgehead atoms. The molecule has 2 aromatic rings. The summed E-state index contributed by atoms with van der Waals surface area (Å²) in [6.07, 6.45) is 4.29. The minimum absolute atomic E-state index is 0.126. The molecule has 1 aliphatic carbocycles. The van der Waals surface area contributed by atoms with E-state index in [0.717, 1.165) is 31.6 Å². The fraction of sp³-hybridized carbons (Fsp3) is 0.435. The number of benzene rings is 2. The number of hydrogen-bond acceptors (Lipinski definition) is 3. The van der Waals surface area contributed by atoms with E-state index in [1.807, 2.05) is 44.4 Å². The number of amides is 1. The monoisotopic (exact) mass is 384 g/mol. The minimum atomic E-state index is -0.801. The highest BCUT2D eigenvalue weighted by atomic mass is 19.1. The number of ether oxygens (including phenoxy) is 1. The summed E-state index contributed by atoms with van der Waals surface area (Å²) in [5.74, 6) is 0.337. The van der Waals surface area contributed by atoms with E-state index < -0.39 is 5.41 Å². The van der Waals surface area contributed by atoms with Gasteiger partial charge >= 0.3 is 0 Å². The van der Waals surface area contributed by atoms with Crippen LogP contribution in [0.4, 0.5) is 10.1 Å². The molecule has 4 nitrogen and oxygen atoms in total. The SMILES string of the molecule is CN(C)CCOc1ccc(NC(=O)C2(c3ccccc3F)CCCCC2)cc1. The molecule has 1 fully saturated rings. The lowest BCUT2D eigenvalue weighted by Gasteiger charge is -2.36. The number of carbonyl (C=O) groups is 1. The molecule has 0 aromatic heterocycles. The molecule has 0 atom stereocenters. The summed E-state index contributed by atoms with van der Waals surface area (Å²) >= 11 is 0. The van der Waals surface area contributed by atoms with Crippen LogP contribution < -0.4 is 10.1 Å². The molecule has 1 saturated carbocycles. The van der Waals surface area contributed by atoms with Gasteiger partial charge in [-0.2, -0.15) is 0 Å². The van der Waals surface area contributed by atoms with E-state index in [1.54, 1.807) is 12.1 Å². The first-order chi connectivity index (χ1) is 13.5. The first-order valence-electron chi connectivity index (χ1n) is 9.95. The summed E-state index contributed by atoms with van der Waals surface area (Å²) in [7, 11) is 4.00. The van der Waals surface area contributed by atoms with Crippen LogP contribution in [0.3, 0.4) is 0 Å². The quantitative estimate of drug-likeness (QED) is 0.758. The van der Waals surface area contributed by atoms with Crippen molar-refractivity contribution >= 4 is 11.6 Å². The first kappa shape index (κ1) is 20.3. The lowest BCUT2D eigenvalue weighted by molar-refractivity contribution is -0.122. The largest absolute Gasteiger partial charge is 0.492 e. The lowest BCUT2D eigenvalue weighted by atomic mass is 9.68. The molecular formula is C23H29FN2O2. The fourth-order valence-corrected chi connectivity index (χ4v) is 3.85.